The Balaban J connectivity index is 1.60. The van der Waals surface area contributed by atoms with Crippen LogP contribution in [-0.4, -0.2) is 37.6 Å². The lowest BCUT2D eigenvalue weighted by atomic mass is 9.85. The molecule has 2 fully saturated rings. The first-order valence-electron chi connectivity index (χ1n) is 9.04. The van der Waals surface area contributed by atoms with Gasteiger partial charge in [0.2, 0.25) is 21.8 Å². The van der Waals surface area contributed by atoms with E-state index in [-0.39, 0.29) is 29.2 Å². The summed E-state index contributed by atoms with van der Waals surface area (Å²) < 4.78 is 26.9. The molecule has 1 atom stereocenters. The Morgan fingerprint density at radius 1 is 0.962 bits per heavy atom. The summed E-state index contributed by atoms with van der Waals surface area (Å²) in [6.45, 7) is 2.42. The van der Waals surface area contributed by atoms with E-state index in [4.69, 9.17) is 0 Å². The normalized spacial score (nSPS) is 21.7. The van der Waals surface area contributed by atoms with Crippen molar-refractivity contribution < 1.29 is 18.0 Å². The molecule has 0 spiro atoms. The van der Waals surface area contributed by atoms with Crippen molar-refractivity contribution in [3.63, 3.8) is 0 Å². The molecule has 1 saturated carbocycles. The Bertz CT molecular complexity index is 772. The van der Waals surface area contributed by atoms with Crippen molar-refractivity contribution in [1.29, 1.82) is 0 Å². The number of carbonyl (C=O) groups excluding carboxylic acids is 2. The number of aryl methyl sites for hydroxylation is 1. The fourth-order valence-electron chi connectivity index (χ4n) is 3.23. The minimum atomic E-state index is -3.62. The maximum Gasteiger partial charge on any atom is 0.243 e. The summed E-state index contributed by atoms with van der Waals surface area (Å²) in [5, 5.41) is 0. The number of rotatable bonds is 4. The van der Waals surface area contributed by atoms with Crippen molar-refractivity contribution in [2.45, 2.75) is 43.9 Å². The van der Waals surface area contributed by atoms with Gasteiger partial charge in [0.05, 0.1) is 10.8 Å². The van der Waals surface area contributed by atoms with Crippen LogP contribution in [0.2, 0.25) is 0 Å². The van der Waals surface area contributed by atoms with Gasteiger partial charge < -0.3 is 0 Å². The van der Waals surface area contributed by atoms with Crippen molar-refractivity contribution in [2.75, 3.05) is 13.1 Å². The molecule has 2 amide bonds. The molecule has 1 aliphatic carbocycles. The van der Waals surface area contributed by atoms with Gasteiger partial charge in [0.15, 0.2) is 0 Å². The topological polar surface area (TPSA) is 95.6 Å². The molecule has 1 aromatic carbocycles. The second-order valence-corrected chi connectivity index (χ2v) is 9.06. The Labute approximate surface area is 154 Å². The lowest BCUT2D eigenvalue weighted by molar-refractivity contribution is -0.135. The van der Waals surface area contributed by atoms with Crippen LogP contribution in [0.4, 0.5) is 0 Å². The average molecular weight is 379 g/mol. The van der Waals surface area contributed by atoms with Crippen molar-refractivity contribution in [1.82, 2.24) is 15.2 Å². The third kappa shape index (κ3) is 4.07. The van der Waals surface area contributed by atoms with Crippen molar-refractivity contribution in [3.8, 4) is 0 Å². The second kappa shape index (κ2) is 7.75. The van der Waals surface area contributed by atoms with Crippen LogP contribution in [0.25, 0.3) is 0 Å². The molecular weight excluding hydrogens is 354 g/mol. The van der Waals surface area contributed by atoms with Gasteiger partial charge in [0.1, 0.15) is 0 Å². The lowest BCUT2D eigenvalue weighted by Crippen LogP contribution is -2.51. The molecule has 0 radical (unpaired) electrons. The highest BCUT2D eigenvalue weighted by Gasteiger charge is 2.34. The van der Waals surface area contributed by atoms with Crippen LogP contribution in [0.1, 0.15) is 37.7 Å². The summed E-state index contributed by atoms with van der Waals surface area (Å²) >= 11 is 0. The SMILES string of the molecule is Cc1ccc(S(=O)(=O)N2CCCC(C(=O)NNC(=O)C3CCC3)C2)cc1. The number of carbonyl (C=O) groups is 2. The minimum absolute atomic E-state index is 0.0138. The molecule has 2 N–H and O–H groups in total. The van der Waals surface area contributed by atoms with Crippen LogP contribution in [0, 0.1) is 18.8 Å². The maximum absolute atomic E-state index is 12.8. The van der Waals surface area contributed by atoms with Gasteiger partial charge in [0.25, 0.3) is 0 Å². The Morgan fingerprint density at radius 3 is 2.12 bits per heavy atom. The molecule has 1 saturated heterocycles. The molecule has 1 heterocycles. The molecule has 26 heavy (non-hydrogen) atoms. The van der Waals surface area contributed by atoms with Gasteiger partial charge in [-0.05, 0) is 44.7 Å². The molecule has 2 aliphatic rings. The molecule has 142 valence electrons. The van der Waals surface area contributed by atoms with Crippen molar-refractivity contribution >= 4 is 21.8 Å². The fourth-order valence-corrected chi connectivity index (χ4v) is 4.76. The average Bonchev–Trinajstić information content (AvgIpc) is 2.58. The molecule has 0 bridgehead atoms. The van der Waals surface area contributed by atoms with E-state index in [1.165, 1.54) is 4.31 Å². The second-order valence-electron chi connectivity index (χ2n) is 7.12. The fraction of sp³-hybridized carbons (Fsp3) is 0.556. The van der Waals surface area contributed by atoms with E-state index in [1.807, 2.05) is 6.92 Å². The lowest BCUT2D eigenvalue weighted by Gasteiger charge is -2.31. The van der Waals surface area contributed by atoms with Crippen molar-refractivity contribution in [3.05, 3.63) is 29.8 Å². The minimum Gasteiger partial charge on any atom is -0.273 e. The number of hydrogen-bond acceptors (Lipinski definition) is 4. The highest BCUT2D eigenvalue weighted by Crippen LogP contribution is 2.26. The molecule has 1 aromatic rings. The Hall–Kier alpha value is -1.93. The van der Waals surface area contributed by atoms with Gasteiger partial charge in [-0.1, -0.05) is 24.1 Å². The van der Waals surface area contributed by atoms with Crippen LogP contribution in [0.15, 0.2) is 29.2 Å². The first-order valence-corrected chi connectivity index (χ1v) is 10.5. The molecule has 1 unspecified atom stereocenters. The van der Waals surface area contributed by atoms with E-state index in [1.54, 1.807) is 24.3 Å². The third-order valence-corrected chi connectivity index (χ3v) is 7.08. The summed E-state index contributed by atoms with van der Waals surface area (Å²) in [5.41, 5.74) is 5.92. The van der Waals surface area contributed by atoms with Gasteiger partial charge in [-0.25, -0.2) is 8.42 Å². The standard InChI is InChI=1S/C18H25N3O4S/c1-13-7-9-16(10-8-13)26(24,25)21-11-3-6-15(12-21)18(23)20-19-17(22)14-4-2-5-14/h7-10,14-15H,2-6,11-12H2,1H3,(H,19,22)(H,20,23). The van der Waals surface area contributed by atoms with Crippen LogP contribution < -0.4 is 10.9 Å². The van der Waals surface area contributed by atoms with E-state index in [2.05, 4.69) is 10.9 Å². The van der Waals surface area contributed by atoms with Crippen molar-refractivity contribution in [2.24, 2.45) is 11.8 Å². The number of piperidine rings is 1. The first-order chi connectivity index (χ1) is 12.4. The van der Waals surface area contributed by atoms with E-state index >= 15 is 0 Å². The number of hydrogen-bond donors (Lipinski definition) is 2. The monoisotopic (exact) mass is 379 g/mol. The number of benzene rings is 1. The van der Waals surface area contributed by atoms with Gasteiger partial charge in [-0.2, -0.15) is 4.31 Å². The van der Waals surface area contributed by atoms with E-state index in [0.29, 0.717) is 19.4 Å². The zero-order chi connectivity index (χ0) is 18.7. The summed E-state index contributed by atoms with van der Waals surface area (Å²) in [5.74, 6) is -0.975. The summed E-state index contributed by atoms with van der Waals surface area (Å²) in [6, 6.07) is 6.70. The highest BCUT2D eigenvalue weighted by molar-refractivity contribution is 7.89. The smallest absolute Gasteiger partial charge is 0.243 e. The highest BCUT2D eigenvalue weighted by atomic mass is 32.2. The van der Waals surface area contributed by atoms with Crippen LogP contribution >= 0.6 is 0 Å². The number of hydrazine groups is 1. The molecule has 3 rings (SSSR count). The molecule has 1 aliphatic heterocycles. The summed E-state index contributed by atoms with van der Waals surface area (Å²) in [4.78, 5) is 24.4. The zero-order valence-corrected chi connectivity index (χ0v) is 15.7. The molecule has 0 aromatic heterocycles. The number of nitrogens with one attached hydrogen (secondary N) is 2. The number of sulfonamides is 1. The largest absolute Gasteiger partial charge is 0.273 e. The van der Waals surface area contributed by atoms with Crippen LogP contribution in [0.3, 0.4) is 0 Å². The Morgan fingerprint density at radius 2 is 1.54 bits per heavy atom. The predicted octanol–water partition coefficient (Wildman–Crippen LogP) is 1.34. The first kappa shape index (κ1) is 18.8. The molecular formula is C18H25N3O4S. The molecule has 8 heteroatoms. The number of nitrogens with zero attached hydrogens (tertiary/aromatic N) is 1. The Kier molecular flexibility index (Phi) is 5.62. The van der Waals surface area contributed by atoms with Gasteiger partial charge >= 0.3 is 0 Å². The number of amides is 2. The van der Waals surface area contributed by atoms with Crippen LogP contribution in [0.5, 0.6) is 0 Å². The quantitative estimate of drug-likeness (QED) is 0.772. The van der Waals surface area contributed by atoms with E-state index in [0.717, 1.165) is 24.8 Å². The van der Waals surface area contributed by atoms with Crippen LogP contribution in [-0.2, 0) is 19.6 Å². The zero-order valence-electron chi connectivity index (χ0n) is 14.9. The third-order valence-electron chi connectivity index (χ3n) is 5.20. The van der Waals surface area contributed by atoms with E-state index in [9.17, 15) is 18.0 Å². The maximum atomic E-state index is 12.8. The van der Waals surface area contributed by atoms with E-state index < -0.39 is 15.9 Å². The van der Waals surface area contributed by atoms with Gasteiger partial charge in [-0.15, -0.1) is 0 Å². The predicted molar refractivity (Wildman–Crippen MR) is 96.3 cm³/mol. The summed E-state index contributed by atoms with van der Waals surface area (Å²) in [6.07, 6.45) is 3.96. The summed E-state index contributed by atoms with van der Waals surface area (Å²) in [7, 11) is -3.62. The van der Waals surface area contributed by atoms with Gasteiger partial charge in [0, 0.05) is 19.0 Å². The van der Waals surface area contributed by atoms with Gasteiger partial charge in [-0.3, -0.25) is 20.4 Å². The molecule has 7 nitrogen and oxygen atoms in total.